The van der Waals surface area contributed by atoms with Crippen LogP contribution in [0.25, 0.3) is 17.2 Å². The van der Waals surface area contributed by atoms with Crippen molar-refractivity contribution in [3.05, 3.63) is 111 Å². The van der Waals surface area contributed by atoms with E-state index in [0.717, 1.165) is 46.3 Å². The van der Waals surface area contributed by atoms with Crippen LogP contribution >= 0.6 is 19.5 Å². The molecule has 1 aromatic heterocycles. The zero-order valence-electron chi connectivity index (χ0n) is 34.0. The Morgan fingerprint density at radius 3 is 2.52 bits per heavy atom. The van der Waals surface area contributed by atoms with E-state index in [2.05, 4.69) is 34.7 Å². The van der Waals surface area contributed by atoms with Crippen molar-refractivity contribution >= 4 is 54.9 Å². The molecule has 2 aliphatic heterocycles. The van der Waals surface area contributed by atoms with Gasteiger partial charge >= 0.3 is 0 Å². The number of amides is 4. The number of carbonyl (C=O) groups is 4. The monoisotopic (exact) mass is 818 g/mol. The molecule has 302 valence electrons. The first kappa shape index (κ1) is 42.4. The number of benzene rings is 3. The van der Waals surface area contributed by atoms with Crippen LogP contribution in [0.1, 0.15) is 78.5 Å². The number of piperidine rings is 1. The minimum Gasteiger partial charge on any atom is -0.355 e. The van der Waals surface area contributed by atoms with Gasteiger partial charge in [0.05, 0.1) is 24.3 Å². The molecule has 13 heteroatoms. The summed E-state index contributed by atoms with van der Waals surface area (Å²) in [4.78, 5) is 60.6. The molecule has 2 aliphatic rings. The molecular weight excluding hydrogens is 768 g/mol. The predicted octanol–water partition coefficient (Wildman–Crippen LogP) is 7.67. The highest BCUT2D eigenvalue weighted by atomic mass is 32.1. The van der Waals surface area contributed by atoms with Crippen molar-refractivity contribution in [2.45, 2.75) is 71.4 Å². The van der Waals surface area contributed by atoms with Crippen LogP contribution in [0.2, 0.25) is 0 Å². The van der Waals surface area contributed by atoms with Gasteiger partial charge in [-0.1, -0.05) is 48.0 Å². The first-order valence-electron chi connectivity index (χ1n) is 19.6. The normalized spacial score (nSPS) is 18.8. The molecule has 2 N–H and O–H groups in total. The quantitative estimate of drug-likeness (QED) is 0.0848. The number of nitrogens with zero attached hydrogens (tertiary/aromatic N) is 4. The zero-order chi connectivity index (χ0) is 41.6. The number of fused-ring (bicyclic) bond motifs is 1. The van der Waals surface area contributed by atoms with Gasteiger partial charge < -0.3 is 25.0 Å². The second-order valence-electron chi connectivity index (χ2n) is 15.9. The van der Waals surface area contributed by atoms with Gasteiger partial charge in [-0.15, -0.1) is 11.3 Å². The third kappa shape index (κ3) is 10.4. The molecule has 1 saturated heterocycles. The van der Waals surface area contributed by atoms with Crippen LogP contribution in [0.3, 0.4) is 0 Å². The Bertz CT molecular complexity index is 2220. The summed E-state index contributed by atoms with van der Waals surface area (Å²) in [5.41, 5.74) is 6.11. The van der Waals surface area contributed by atoms with E-state index in [0.29, 0.717) is 29.8 Å². The lowest BCUT2D eigenvalue weighted by Crippen LogP contribution is -2.48. The van der Waals surface area contributed by atoms with Gasteiger partial charge in [-0.05, 0) is 106 Å². The minimum absolute atomic E-state index is 0.0137. The van der Waals surface area contributed by atoms with Crippen LogP contribution in [0.15, 0.2) is 83.9 Å². The summed E-state index contributed by atoms with van der Waals surface area (Å²) in [6.07, 6.45) is 5.82. The second-order valence-corrected chi connectivity index (χ2v) is 18.7. The second kappa shape index (κ2) is 18.6. The molecule has 0 bridgehead atoms. The molecule has 58 heavy (non-hydrogen) atoms. The molecule has 6 rings (SSSR count). The Morgan fingerprint density at radius 1 is 1.07 bits per heavy atom. The Hall–Kier alpha value is -5.21. The van der Waals surface area contributed by atoms with Crippen molar-refractivity contribution in [3.8, 4) is 17.2 Å². The lowest BCUT2D eigenvalue weighted by molar-refractivity contribution is -0.133. The summed E-state index contributed by atoms with van der Waals surface area (Å²) < 4.78 is 6.19. The fourth-order valence-electron chi connectivity index (χ4n) is 7.65. The molecule has 11 nitrogen and oxygen atoms in total. The van der Waals surface area contributed by atoms with Crippen LogP contribution in [-0.4, -0.2) is 77.7 Å². The third-order valence-corrected chi connectivity index (χ3v) is 12.6. The van der Waals surface area contributed by atoms with Crippen LogP contribution in [0.5, 0.6) is 0 Å². The van der Waals surface area contributed by atoms with Gasteiger partial charge in [-0.2, -0.15) is 5.26 Å². The van der Waals surface area contributed by atoms with Crippen LogP contribution in [0.4, 0.5) is 5.69 Å². The summed E-state index contributed by atoms with van der Waals surface area (Å²) in [5, 5.41) is 18.4. The Kier molecular flexibility index (Phi) is 13.6. The molecule has 3 aromatic carbocycles. The maximum atomic E-state index is 13.7. The summed E-state index contributed by atoms with van der Waals surface area (Å²) >= 11 is 1.34. The van der Waals surface area contributed by atoms with E-state index < -0.39 is 25.5 Å². The Labute approximate surface area is 346 Å². The van der Waals surface area contributed by atoms with Crippen molar-refractivity contribution in [2.24, 2.45) is 5.92 Å². The van der Waals surface area contributed by atoms with Crippen molar-refractivity contribution in [2.75, 3.05) is 37.5 Å². The number of nitrogens with one attached hydrogen (secondary N) is 2. The number of nitriles is 1. The standard InChI is InChI=1S/C45H51N6O5PS/c1-29-8-7-9-34(20-29)38-22-39(26-50(25-38)44(55)37(24-46)23-41-47-18-19-58-41)42(53)48-28-57(6)56-27-45(4,5)49-43(54)33-14-12-32(13-15-33)35-16-17-40-36(21-35)11-10-30(2)51(40)31(3)52/h7-9,12-21,23,30,38-39H,10-11,22,25-28H2,1-6H3,(H,48,53)(H,49,54)/b37-23+/t30-,38?,39?,57?/m1/s1. The molecule has 0 radical (unpaired) electrons. The number of carbonyl (C=O) groups excluding carboxylic acids is 4. The maximum absolute atomic E-state index is 13.7. The third-order valence-electron chi connectivity index (χ3n) is 10.7. The maximum Gasteiger partial charge on any atom is 0.264 e. The Morgan fingerprint density at radius 2 is 1.83 bits per heavy atom. The number of thiazole rings is 1. The number of hydrogen-bond donors (Lipinski definition) is 2. The molecule has 4 aromatic rings. The molecule has 3 unspecified atom stereocenters. The van der Waals surface area contributed by atoms with Crippen LogP contribution in [-0.2, 0) is 25.3 Å². The molecule has 0 saturated carbocycles. The summed E-state index contributed by atoms with van der Waals surface area (Å²) in [7, 11) is -1.08. The molecule has 0 spiro atoms. The summed E-state index contributed by atoms with van der Waals surface area (Å²) in [6, 6.07) is 24.0. The highest BCUT2D eigenvalue weighted by Gasteiger charge is 2.36. The predicted molar refractivity (Wildman–Crippen MR) is 230 cm³/mol. The van der Waals surface area contributed by atoms with Gasteiger partial charge in [0, 0.05) is 62.9 Å². The fourth-order valence-corrected chi connectivity index (χ4v) is 9.24. The van der Waals surface area contributed by atoms with E-state index >= 15 is 0 Å². The van der Waals surface area contributed by atoms with Crippen molar-refractivity contribution in [1.29, 1.82) is 5.26 Å². The highest BCUT2D eigenvalue weighted by Crippen LogP contribution is 2.36. The number of rotatable bonds is 12. The lowest BCUT2D eigenvalue weighted by Gasteiger charge is -2.37. The van der Waals surface area contributed by atoms with Gasteiger partial charge in [-0.3, -0.25) is 19.2 Å². The van der Waals surface area contributed by atoms with Gasteiger partial charge in [0.1, 0.15) is 16.6 Å². The first-order chi connectivity index (χ1) is 27.7. The number of likely N-dealkylation sites (tertiary alicyclic amines) is 1. The van der Waals surface area contributed by atoms with E-state index in [4.69, 9.17) is 4.52 Å². The summed E-state index contributed by atoms with van der Waals surface area (Å²) in [6.45, 7) is 12.3. The zero-order valence-corrected chi connectivity index (χ0v) is 35.7. The SMILES string of the molecule is CC(=O)N1c2ccc(-c3ccc(C(=O)NC(C)(C)COP(C)CNC(=O)C4CC(c5cccc(C)c5)CN(C(=O)/C(C#N)=C/c5nccs5)C4)cc3)cc2CC[C@H]1C. The number of anilines is 1. The van der Waals surface area contributed by atoms with Crippen molar-refractivity contribution in [3.63, 3.8) is 0 Å². The highest BCUT2D eigenvalue weighted by molar-refractivity contribution is 7.51. The van der Waals surface area contributed by atoms with E-state index in [9.17, 15) is 24.4 Å². The average molecular weight is 819 g/mol. The number of aryl methyl sites for hydroxylation is 2. The lowest BCUT2D eigenvalue weighted by atomic mass is 9.83. The molecule has 3 heterocycles. The average Bonchev–Trinajstić information content (AvgIpc) is 3.73. The molecule has 4 atom stereocenters. The van der Waals surface area contributed by atoms with Gasteiger partial charge in [0.25, 0.3) is 11.8 Å². The minimum atomic E-state index is -1.08. The summed E-state index contributed by atoms with van der Waals surface area (Å²) in [5.74, 6) is -1.32. The molecular formula is C45H51N6O5PS. The topological polar surface area (TPSA) is 145 Å². The number of hydrogen-bond acceptors (Lipinski definition) is 8. The van der Waals surface area contributed by atoms with Gasteiger partial charge in [0.2, 0.25) is 11.8 Å². The van der Waals surface area contributed by atoms with Crippen molar-refractivity contribution in [1.82, 2.24) is 20.5 Å². The molecule has 0 aliphatic carbocycles. The molecule has 1 fully saturated rings. The molecule has 4 amide bonds. The first-order valence-corrected chi connectivity index (χ1v) is 22.3. The number of aromatic nitrogens is 1. The van der Waals surface area contributed by atoms with Gasteiger partial charge in [0.15, 0.2) is 0 Å². The van der Waals surface area contributed by atoms with E-state index in [1.54, 1.807) is 23.4 Å². The van der Waals surface area contributed by atoms with Gasteiger partial charge in [-0.25, -0.2) is 4.98 Å². The Balaban J connectivity index is 1.02. The largest absolute Gasteiger partial charge is 0.355 e. The van der Waals surface area contributed by atoms with E-state index in [1.807, 2.05) is 93.0 Å². The van der Waals surface area contributed by atoms with Crippen LogP contribution < -0.4 is 15.5 Å². The van der Waals surface area contributed by atoms with Crippen LogP contribution in [0, 0.1) is 24.2 Å². The smallest absolute Gasteiger partial charge is 0.264 e. The fraction of sp³-hybridized carbons (Fsp3) is 0.378. The van der Waals surface area contributed by atoms with E-state index in [1.165, 1.54) is 17.4 Å². The van der Waals surface area contributed by atoms with E-state index in [-0.39, 0.29) is 48.4 Å². The van der Waals surface area contributed by atoms with Crippen molar-refractivity contribution < 1.29 is 23.7 Å².